The molecule has 8 aromatic rings. The molecular formula is C53H46N2. The summed E-state index contributed by atoms with van der Waals surface area (Å²) in [6, 6.07) is 74.6. The maximum absolute atomic E-state index is 2.33. The number of nitrogens with zero attached hydrogens (tertiary/aromatic N) is 2. The summed E-state index contributed by atoms with van der Waals surface area (Å²) in [5.41, 5.74) is 16.5. The van der Waals surface area contributed by atoms with Gasteiger partial charge >= 0.3 is 0 Å². The molecular weight excluding hydrogens is 665 g/mol. The lowest BCUT2D eigenvalue weighted by Gasteiger charge is -2.30. The highest BCUT2D eigenvalue weighted by atomic mass is 15.1. The van der Waals surface area contributed by atoms with Crippen molar-refractivity contribution in [2.45, 2.75) is 33.1 Å². The summed E-state index contributed by atoms with van der Waals surface area (Å²) in [5, 5.41) is 0. The zero-order valence-corrected chi connectivity index (χ0v) is 32.0. The molecule has 0 saturated carbocycles. The Morgan fingerprint density at radius 1 is 0.273 bits per heavy atom. The van der Waals surface area contributed by atoms with Crippen molar-refractivity contribution in [3.05, 3.63) is 229 Å². The number of hydrogen-bond donors (Lipinski definition) is 0. The summed E-state index contributed by atoms with van der Waals surface area (Å²) in [5.74, 6) is 0. The quantitative estimate of drug-likeness (QED) is 0.139. The Labute approximate surface area is 326 Å². The number of anilines is 6. The highest BCUT2D eigenvalue weighted by molar-refractivity contribution is 5.80. The van der Waals surface area contributed by atoms with Crippen molar-refractivity contribution < 1.29 is 0 Å². The zero-order valence-electron chi connectivity index (χ0n) is 32.0. The fraction of sp³-hybridized carbons (Fsp3) is 0.0943. The Balaban J connectivity index is 1.06. The van der Waals surface area contributed by atoms with E-state index < -0.39 is 0 Å². The number of benzene rings is 8. The molecule has 2 heteroatoms. The first-order valence-corrected chi connectivity index (χ1v) is 19.1. The summed E-state index contributed by atoms with van der Waals surface area (Å²) < 4.78 is 0. The molecule has 0 atom stereocenters. The number of para-hydroxylation sites is 2. The minimum absolute atomic E-state index is 0.211. The molecule has 0 amide bonds. The average molecular weight is 711 g/mol. The van der Waals surface area contributed by atoms with E-state index >= 15 is 0 Å². The highest BCUT2D eigenvalue weighted by Crippen LogP contribution is 2.40. The molecule has 0 heterocycles. The van der Waals surface area contributed by atoms with Crippen LogP contribution >= 0.6 is 0 Å². The largest absolute Gasteiger partial charge is 0.311 e. The second kappa shape index (κ2) is 15.4. The molecule has 268 valence electrons. The van der Waals surface area contributed by atoms with E-state index in [9.17, 15) is 0 Å². The number of hydrogen-bond acceptors (Lipinski definition) is 2. The SMILES string of the molecule is Cc1ccc(-c2ccc(N(c3ccccc3)c3ccc(C(C)(C)c4ccc(N(c5ccccc5)c5ccc(-c6ccc(C)cc6)cc5)cc4)cc3)cc2)cc1. The van der Waals surface area contributed by atoms with Crippen LogP contribution in [0.4, 0.5) is 34.1 Å². The predicted molar refractivity (Wildman–Crippen MR) is 235 cm³/mol. The van der Waals surface area contributed by atoms with Gasteiger partial charge in [0.1, 0.15) is 0 Å². The van der Waals surface area contributed by atoms with Crippen LogP contribution in [-0.2, 0) is 5.41 Å². The summed E-state index contributed by atoms with van der Waals surface area (Å²) in [6.45, 7) is 8.88. The van der Waals surface area contributed by atoms with Gasteiger partial charge in [-0.3, -0.25) is 0 Å². The van der Waals surface area contributed by atoms with Gasteiger partial charge < -0.3 is 9.80 Å². The molecule has 8 aromatic carbocycles. The molecule has 2 nitrogen and oxygen atoms in total. The van der Waals surface area contributed by atoms with Crippen LogP contribution in [0.3, 0.4) is 0 Å². The van der Waals surface area contributed by atoms with Gasteiger partial charge in [0, 0.05) is 39.5 Å². The molecule has 0 bridgehead atoms. The lowest BCUT2D eigenvalue weighted by molar-refractivity contribution is 0.641. The van der Waals surface area contributed by atoms with Crippen molar-refractivity contribution in [1.29, 1.82) is 0 Å². The van der Waals surface area contributed by atoms with E-state index in [1.54, 1.807) is 0 Å². The maximum Gasteiger partial charge on any atom is 0.0462 e. The van der Waals surface area contributed by atoms with Gasteiger partial charge in [0.15, 0.2) is 0 Å². The van der Waals surface area contributed by atoms with Gasteiger partial charge in [0.05, 0.1) is 0 Å². The standard InChI is InChI=1S/C53H46N2/c1-39-15-19-41(20-16-39)43-23-31-49(32-24-43)54(47-11-7-5-8-12-47)51-35-27-45(28-36-51)53(3,4)46-29-37-52(38-30-46)55(48-13-9-6-10-14-48)50-33-25-44(26-34-50)42-21-17-40(2)18-22-42/h5-38H,1-4H3. The topological polar surface area (TPSA) is 6.48 Å². The van der Waals surface area contributed by atoms with Crippen LogP contribution in [0.1, 0.15) is 36.1 Å². The van der Waals surface area contributed by atoms with Gasteiger partial charge in [0.25, 0.3) is 0 Å². The first-order valence-electron chi connectivity index (χ1n) is 19.1. The van der Waals surface area contributed by atoms with E-state index in [4.69, 9.17) is 0 Å². The van der Waals surface area contributed by atoms with Gasteiger partial charge in [-0.05, 0) is 120 Å². The molecule has 0 aliphatic heterocycles. The monoisotopic (exact) mass is 710 g/mol. The molecule has 0 spiro atoms. The second-order valence-corrected chi connectivity index (χ2v) is 14.9. The van der Waals surface area contributed by atoms with E-state index in [2.05, 4.69) is 244 Å². The third kappa shape index (κ3) is 7.58. The summed E-state index contributed by atoms with van der Waals surface area (Å²) in [6.07, 6.45) is 0. The fourth-order valence-electron chi connectivity index (χ4n) is 7.37. The van der Waals surface area contributed by atoms with Crippen molar-refractivity contribution in [3.63, 3.8) is 0 Å². The molecule has 0 radical (unpaired) electrons. The van der Waals surface area contributed by atoms with Crippen LogP contribution in [0.2, 0.25) is 0 Å². The van der Waals surface area contributed by atoms with Crippen LogP contribution in [0.15, 0.2) is 206 Å². The molecule has 0 aromatic heterocycles. The minimum atomic E-state index is -0.211. The first kappa shape index (κ1) is 35.4. The van der Waals surface area contributed by atoms with Crippen LogP contribution < -0.4 is 9.80 Å². The molecule has 0 aliphatic carbocycles. The smallest absolute Gasteiger partial charge is 0.0462 e. The van der Waals surface area contributed by atoms with Crippen molar-refractivity contribution in [2.24, 2.45) is 0 Å². The molecule has 8 rings (SSSR count). The van der Waals surface area contributed by atoms with Crippen molar-refractivity contribution in [2.75, 3.05) is 9.80 Å². The highest BCUT2D eigenvalue weighted by Gasteiger charge is 2.24. The Morgan fingerprint density at radius 3 is 0.800 bits per heavy atom. The first-order chi connectivity index (χ1) is 26.8. The number of rotatable bonds is 10. The van der Waals surface area contributed by atoms with Crippen molar-refractivity contribution in [3.8, 4) is 22.3 Å². The molecule has 0 saturated heterocycles. The second-order valence-electron chi connectivity index (χ2n) is 14.9. The van der Waals surface area contributed by atoms with Gasteiger partial charge in [0.2, 0.25) is 0 Å². The molecule has 0 fully saturated rings. The third-order valence-electron chi connectivity index (χ3n) is 10.7. The van der Waals surface area contributed by atoms with Crippen LogP contribution in [-0.4, -0.2) is 0 Å². The van der Waals surface area contributed by atoms with E-state index in [1.807, 2.05) is 0 Å². The van der Waals surface area contributed by atoms with E-state index in [0.29, 0.717) is 0 Å². The fourth-order valence-corrected chi connectivity index (χ4v) is 7.37. The summed E-state index contributed by atoms with van der Waals surface area (Å²) >= 11 is 0. The third-order valence-corrected chi connectivity index (χ3v) is 10.7. The van der Waals surface area contributed by atoms with Gasteiger partial charge in [-0.2, -0.15) is 0 Å². The minimum Gasteiger partial charge on any atom is -0.311 e. The van der Waals surface area contributed by atoms with Crippen LogP contribution in [0.25, 0.3) is 22.3 Å². The molecule has 55 heavy (non-hydrogen) atoms. The normalized spacial score (nSPS) is 11.3. The van der Waals surface area contributed by atoms with Gasteiger partial charge in [-0.25, -0.2) is 0 Å². The van der Waals surface area contributed by atoms with Crippen LogP contribution in [0.5, 0.6) is 0 Å². The van der Waals surface area contributed by atoms with Crippen LogP contribution in [0, 0.1) is 13.8 Å². The zero-order chi connectivity index (χ0) is 37.8. The Morgan fingerprint density at radius 2 is 0.509 bits per heavy atom. The maximum atomic E-state index is 2.33. The van der Waals surface area contributed by atoms with E-state index in [1.165, 1.54) is 44.5 Å². The lowest BCUT2D eigenvalue weighted by atomic mass is 9.78. The average Bonchev–Trinajstić information content (AvgIpc) is 3.23. The van der Waals surface area contributed by atoms with Crippen molar-refractivity contribution in [1.82, 2.24) is 0 Å². The number of aryl methyl sites for hydroxylation is 2. The van der Waals surface area contributed by atoms with Gasteiger partial charge in [-0.1, -0.05) is 158 Å². The Hall–Kier alpha value is -6.64. The van der Waals surface area contributed by atoms with Crippen molar-refractivity contribution >= 4 is 34.1 Å². The lowest BCUT2D eigenvalue weighted by Crippen LogP contribution is -2.19. The predicted octanol–water partition coefficient (Wildman–Crippen LogP) is 14.9. The summed E-state index contributed by atoms with van der Waals surface area (Å²) in [4.78, 5) is 4.66. The Kier molecular flexibility index (Phi) is 9.90. The molecule has 0 N–H and O–H groups in total. The Bertz CT molecular complexity index is 2270. The molecule has 0 unspecified atom stereocenters. The van der Waals surface area contributed by atoms with Gasteiger partial charge in [-0.15, -0.1) is 0 Å². The van der Waals surface area contributed by atoms with E-state index in [-0.39, 0.29) is 5.41 Å². The molecule has 0 aliphatic rings. The summed E-state index contributed by atoms with van der Waals surface area (Å²) in [7, 11) is 0. The van der Waals surface area contributed by atoms with E-state index in [0.717, 1.165) is 34.1 Å².